The molecule has 124 valence electrons. The van der Waals surface area contributed by atoms with E-state index in [1.807, 2.05) is 36.4 Å². The van der Waals surface area contributed by atoms with Gasteiger partial charge in [0.15, 0.2) is 0 Å². The second kappa shape index (κ2) is 7.41. The highest BCUT2D eigenvalue weighted by Gasteiger charge is 2.22. The maximum absolute atomic E-state index is 5.47. The molecular weight excluding hydrogens is 298 g/mol. The Balaban J connectivity index is 1.76. The van der Waals surface area contributed by atoms with Crippen molar-refractivity contribution in [2.24, 2.45) is 5.92 Å². The highest BCUT2D eigenvalue weighted by Crippen LogP contribution is 2.26. The van der Waals surface area contributed by atoms with Gasteiger partial charge in [-0.3, -0.25) is 5.32 Å². The normalized spacial score (nSPS) is 13.8. The van der Waals surface area contributed by atoms with E-state index >= 15 is 0 Å². The first-order chi connectivity index (χ1) is 11.6. The maximum atomic E-state index is 5.47. The third-order valence-electron chi connectivity index (χ3n) is 4.10. The van der Waals surface area contributed by atoms with E-state index in [0.717, 1.165) is 5.56 Å². The van der Waals surface area contributed by atoms with Crippen LogP contribution in [-0.4, -0.2) is 10.1 Å². The van der Waals surface area contributed by atoms with E-state index < -0.39 is 0 Å². The molecule has 3 aromatic rings. The van der Waals surface area contributed by atoms with Crippen LogP contribution in [0.5, 0.6) is 0 Å². The Morgan fingerprint density at radius 1 is 0.875 bits per heavy atom. The van der Waals surface area contributed by atoms with Gasteiger partial charge in [-0.2, -0.15) is 4.98 Å². The van der Waals surface area contributed by atoms with Gasteiger partial charge in [0.25, 0.3) is 0 Å². The summed E-state index contributed by atoms with van der Waals surface area (Å²) in [5.41, 5.74) is 2.23. The van der Waals surface area contributed by atoms with Gasteiger partial charge in [-0.25, -0.2) is 0 Å². The lowest BCUT2D eigenvalue weighted by atomic mass is 9.95. The number of hydrogen-bond donors (Lipinski definition) is 1. The van der Waals surface area contributed by atoms with Crippen LogP contribution in [0.1, 0.15) is 44.3 Å². The van der Waals surface area contributed by atoms with E-state index in [1.165, 1.54) is 5.56 Å². The molecule has 2 aromatic carbocycles. The van der Waals surface area contributed by atoms with Gasteiger partial charge in [-0.15, -0.1) is 0 Å². The molecule has 0 aliphatic heterocycles. The molecule has 1 heterocycles. The van der Waals surface area contributed by atoms with Crippen LogP contribution in [0.4, 0.5) is 0 Å². The van der Waals surface area contributed by atoms with Crippen molar-refractivity contribution in [3.05, 3.63) is 72.1 Å². The molecule has 4 nitrogen and oxygen atoms in total. The van der Waals surface area contributed by atoms with Gasteiger partial charge in [-0.1, -0.05) is 79.7 Å². The third-order valence-corrected chi connectivity index (χ3v) is 4.10. The Morgan fingerprint density at radius 3 is 2.12 bits per heavy atom. The minimum atomic E-state index is -0.0254. The second-order valence-electron chi connectivity index (χ2n) is 6.34. The summed E-state index contributed by atoms with van der Waals surface area (Å²) < 4.78 is 5.47. The Morgan fingerprint density at radius 2 is 1.50 bits per heavy atom. The van der Waals surface area contributed by atoms with Crippen molar-refractivity contribution in [1.82, 2.24) is 15.5 Å². The zero-order valence-electron chi connectivity index (χ0n) is 14.3. The summed E-state index contributed by atoms with van der Waals surface area (Å²) in [7, 11) is 0. The van der Waals surface area contributed by atoms with E-state index in [0.29, 0.717) is 17.6 Å². The summed E-state index contributed by atoms with van der Waals surface area (Å²) in [6.45, 7) is 6.47. The molecule has 0 saturated heterocycles. The van der Waals surface area contributed by atoms with Crippen LogP contribution in [-0.2, 0) is 0 Å². The van der Waals surface area contributed by atoms with E-state index in [4.69, 9.17) is 4.52 Å². The Hall–Kier alpha value is -2.46. The maximum Gasteiger partial charge on any atom is 0.243 e. The van der Waals surface area contributed by atoms with E-state index in [-0.39, 0.29) is 12.1 Å². The first kappa shape index (κ1) is 16.4. The molecule has 0 bridgehead atoms. The standard InChI is InChI=1S/C20H23N3O/c1-14(2)18(16-10-6-4-7-11-16)21-15(3)20-22-19(23-24-20)17-12-8-5-9-13-17/h4-15,18,21H,1-3H3. The van der Waals surface area contributed by atoms with Crippen molar-refractivity contribution in [3.63, 3.8) is 0 Å². The number of nitrogens with zero attached hydrogens (tertiary/aromatic N) is 2. The minimum Gasteiger partial charge on any atom is -0.337 e. The SMILES string of the molecule is CC(NC(c1ccccc1)C(C)C)c1nc(-c2ccccc2)no1. The van der Waals surface area contributed by atoms with Gasteiger partial charge < -0.3 is 4.52 Å². The molecule has 0 aliphatic rings. The summed E-state index contributed by atoms with van der Waals surface area (Å²) in [6, 6.07) is 20.5. The molecule has 4 heteroatoms. The molecule has 0 aliphatic carbocycles. The summed E-state index contributed by atoms with van der Waals surface area (Å²) in [4.78, 5) is 4.55. The lowest BCUT2D eigenvalue weighted by molar-refractivity contribution is 0.301. The molecule has 0 radical (unpaired) electrons. The van der Waals surface area contributed by atoms with Gasteiger partial charge in [0, 0.05) is 11.6 Å². The molecule has 24 heavy (non-hydrogen) atoms. The van der Waals surface area contributed by atoms with Crippen LogP contribution in [0.3, 0.4) is 0 Å². The lowest BCUT2D eigenvalue weighted by Gasteiger charge is -2.25. The number of rotatable bonds is 6. The van der Waals surface area contributed by atoms with Crippen molar-refractivity contribution < 1.29 is 4.52 Å². The van der Waals surface area contributed by atoms with Crippen molar-refractivity contribution in [3.8, 4) is 11.4 Å². The Labute approximate surface area is 142 Å². The fourth-order valence-electron chi connectivity index (χ4n) is 2.79. The van der Waals surface area contributed by atoms with Crippen molar-refractivity contribution in [2.45, 2.75) is 32.9 Å². The Kier molecular flexibility index (Phi) is 5.06. The summed E-state index contributed by atoms with van der Waals surface area (Å²) in [5.74, 6) is 1.68. The molecule has 1 aromatic heterocycles. The topological polar surface area (TPSA) is 51.0 Å². The molecule has 0 amide bonds. The van der Waals surface area contributed by atoms with Gasteiger partial charge in [0.1, 0.15) is 0 Å². The predicted molar refractivity (Wildman–Crippen MR) is 95.3 cm³/mol. The lowest BCUT2D eigenvalue weighted by Crippen LogP contribution is -2.28. The van der Waals surface area contributed by atoms with Crippen LogP contribution in [0.25, 0.3) is 11.4 Å². The van der Waals surface area contributed by atoms with Crippen LogP contribution in [0.2, 0.25) is 0 Å². The van der Waals surface area contributed by atoms with Gasteiger partial charge in [0.2, 0.25) is 11.7 Å². The Bertz CT molecular complexity index is 753. The smallest absolute Gasteiger partial charge is 0.243 e. The zero-order chi connectivity index (χ0) is 16.9. The molecule has 3 rings (SSSR count). The van der Waals surface area contributed by atoms with E-state index in [2.05, 4.69) is 60.5 Å². The fraction of sp³-hybridized carbons (Fsp3) is 0.300. The van der Waals surface area contributed by atoms with Gasteiger partial charge >= 0.3 is 0 Å². The largest absolute Gasteiger partial charge is 0.337 e. The summed E-state index contributed by atoms with van der Waals surface area (Å²) in [6.07, 6.45) is 0. The molecular formula is C20H23N3O. The first-order valence-electron chi connectivity index (χ1n) is 8.35. The molecule has 0 spiro atoms. The molecule has 2 unspecified atom stereocenters. The van der Waals surface area contributed by atoms with E-state index in [1.54, 1.807) is 0 Å². The number of benzene rings is 2. The second-order valence-corrected chi connectivity index (χ2v) is 6.34. The van der Waals surface area contributed by atoms with Crippen molar-refractivity contribution >= 4 is 0 Å². The quantitative estimate of drug-likeness (QED) is 0.709. The fourth-order valence-corrected chi connectivity index (χ4v) is 2.79. The van der Waals surface area contributed by atoms with Crippen molar-refractivity contribution in [2.75, 3.05) is 0 Å². The minimum absolute atomic E-state index is 0.0254. The average Bonchev–Trinajstić information content (AvgIpc) is 3.11. The highest BCUT2D eigenvalue weighted by molar-refractivity contribution is 5.53. The van der Waals surface area contributed by atoms with Gasteiger partial charge in [0.05, 0.1) is 6.04 Å². The predicted octanol–water partition coefficient (Wildman–Crippen LogP) is 4.78. The van der Waals surface area contributed by atoms with Crippen LogP contribution in [0.15, 0.2) is 65.2 Å². The number of aromatic nitrogens is 2. The molecule has 0 fully saturated rings. The molecule has 2 atom stereocenters. The first-order valence-corrected chi connectivity index (χ1v) is 8.35. The van der Waals surface area contributed by atoms with Crippen molar-refractivity contribution in [1.29, 1.82) is 0 Å². The molecule has 1 N–H and O–H groups in total. The van der Waals surface area contributed by atoms with E-state index in [9.17, 15) is 0 Å². The number of hydrogen-bond acceptors (Lipinski definition) is 4. The zero-order valence-corrected chi connectivity index (χ0v) is 14.3. The van der Waals surface area contributed by atoms with Crippen LogP contribution in [0, 0.1) is 5.92 Å². The monoisotopic (exact) mass is 321 g/mol. The van der Waals surface area contributed by atoms with Gasteiger partial charge in [-0.05, 0) is 18.4 Å². The highest BCUT2D eigenvalue weighted by atomic mass is 16.5. The van der Waals surface area contributed by atoms with Crippen LogP contribution >= 0.6 is 0 Å². The van der Waals surface area contributed by atoms with Crippen LogP contribution < -0.4 is 5.32 Å². The number of nitrogens with one attached hydrogen (secondary N) is 1. The average molecular weight is 321 g/mol. The molecule has 0 saturated carbocycles. The third kappa shape index (κ3) is 3.71. The summed E-state index contributed by atoms with van der Waals surface area (Å²) >= 11 is 0. The summed E-state index contributed by atoms with van der Waals surface area (Å²) in [5, 5.41) is 7.72.